The second-order valence-electron chi connectivity index (χ2n) is 5.97. The summed E-state index contributed by atoms with van der Waals surface area (Å²) in [4.78, 5) is 11.6. The van der Waals surface area contributed by atoms with Crippen LogP contribution in [0.2, 0.25) is 5.02 Å². The summed E-state index contributed by atoms with van der Waals surface area (Å²) in [7, 11) is -4.13. The molecule has 1 atom stereocenters. The van der Waals surface area contributed by atoms with Gasteiger partial charge in [-0.25, -0.2) is 8.42 Å². The summed E-state index contributed by atoms with van der Waals surface area (Å²) >= 11 is 6.07. The average molecular weight is 384 g/mol. The second-order valence-corrected chi connectivity index (χ2v) is 8.27. The van der Waals surface area contributed by atoms with Crippen molar-refractivity contribution in [3.05, 3.63) is 40.2 Å². The van der Waals surface area contributed by atoms with Crippen LogP contribution in [0.5, 0.6) is 5.75 Å². The molecule has 0 aliphatic carbocycles. The van der Waals surface area contributed by atoms with Gasteiger partial charge in [0.05, 0.1) is 25.0 Å². The van der Waals surface area contributed by atoms with Gasteiger partial charge in [-0.2, -0.15) is 9.40 Å². The van der Waals surface area contributed by atoms with Crippen LogP contribution in [0.25, 0.3) is 0 Å². The lowest BCUT2D eigenvalue weighted by Gasteiger charge is -2.31. The number of aliphatic carboxylic acids is 1. The van der Waals surface area contributed by atoms with E-state index in [1.54, 1.807) is 6.07 Å². The van der Waals surface area contributed by atoms with Gasteiger partial charge in [-0.3, -0.25) is 9.89 Å². The maximum Gasteiger partial charge on any atom is 0.322 e. The first kappa shape index (κ1) is 16.4. The Bertz CT molecular complexity index is 972. The normalized spacial score (nSPS) is 20.0. The number of carboxylic acids is 1. The summed E-state index contributed by atoms with van der Waals surface area (Å²) in [5, 5.41) is 16.4. The molecule has 3 heterocycles. The fourth-order valence-electron chi connectivity index (χ4n) is 3.24. The number of nitrogens with one attached hydrogen (secondary N) is 1. The van der Waals surface area contributed by atoms with Crippen LogP contribution in [0.4, 0.5) is 0 Å². The molecule has 1 aromatic carbocycles. The lowest BCUT2D eigenvalue weighted by Crippen LogP contribution is -2.48. The molecule has 8 nitrogen and oxygen atoms in total. The molecular weight excluding hydrogens is 370 g/mol. The summed E-state index contributed by atoms with van der Waals surface area (Å²) in [5.41, 5.74) is 1.99. The molecule has 2 aliphatic rings. The molecule has 0 saturated carbocycles. The SMILES string of the molecule is O=C(O)C1Cc2cn[nH]c2CN1S(=O)(=O)c1cc(Cl)cc2c1OCC2. The van der Waals surface area contributed by atoms with Gasteiger partial charge in [-0.1, -0.05) is 11.6 Å². The summed E-state index contributed by atoms with van der Waals surface area (Å²) in [6, 6.07) is 1.76. The van der Waals surface area contributed by atoms with E-state index in [1.165, 1.54) is 12.3 Å². The maximum atomic E-state index is 13.2. The van der Waals surface area contributed by atoms with Crippen molar-refractivity contribution < 1.29 is 23.1 Å². The summed E-state index contributed by atoms with van der Waals surface area (Å²) in [6.07, 6.45) is 2.13. The molecule has 25 heavy (non-hydrogen) atoms. The lowest BCUT2D eigenvalue weighted by atomic mass is 10.0. The van der Waals surface area contributed by atoms with E-state index < -0.39 is 22.0 Å². The van der Waals surface area contributed by atoms with Crippen LogP contribution < -0.4 is 4.74 Å². The van der Waals surface area contributed by atoms with Gasteiger partial charge in [0.2, 0.25) is 10.0 Å². The van der Waals surface area contributed by atoms with Crippen molar-refractivity contribution in [2.45, 2.75) is 30.3 Å². The number of ether oxygens (including phenoxy) is 1. The van der Waals surface area contributed by atoms with Crippen LogP contribution in [0, 0.1) is 0 Å². The van der Waals surface area contributed by atoms with Crippen molar-refractivity contribution in [3.63, 3.8) is 0 Å². The molecule has 2 aromatic rings. The summed E-state index contributed by atoms with van der Waals surface area (Å²) < 4.78 is 32.9. The number of sulfonamides is 1. The number of rotatable bonds is 3. The van der Waals surface area contributed by atoms with Gasteiger partial charge < -0.3 is 9.84 Å². The number of H-pyrrole nitrogens is 1. The van der Waals surface area contributed by atoms with Crippen LogP contribution in [-0.2, 0) is 34.2 Å². The number of hydrogen-bond donors (Lipinski definition) is 2. The topological polar surface area (TPSA) is 113 Å². The Hall–Kier alpha value is -2.10. The number of nitrogens with zero attached hydrogens (tertiary/aromatic N) is 2. The number of carbonyl (C=O) groups is 1. The Balaban J connectivity index is 1.84. The van der Waals surface area contributed by atoms with Gasteiger partial charge in [-0.15, -0.1) is 0 Å². The molecular formula is C15H14ClN3O5S. The minimum absolute atomic E-state index is 0.0456. The van der Waals surface area contributed by atoms with Crippen LogP contribution in [0.3, 0.4) is 0 Å². The first-order valence-electron chi connectivity index (χ1n) is 7.59. The number of hydrogen-bond acceptors (Lipinski definition) is 5. The molecule has 4 rings (SSSR count). The van der Waals surface area contributed by atoms with Crippen molar-refractivity contribution in [3.8, 4) is 5.75 Å². The highest BCUT2D eigenvalue weighted by molar-refractivity contribution is 7.89. The molecule has 0 amide bonds. The Kier molecular flexibility index (Phi) is 3.75. The third-order valence-electron chi connectivity index (χ3n) is 4.47. The summed E-state index contributed by atoms with van der Waals surface area (Å²) in [6.45, 7) is 0.265. The van der Waals surface area contributed by atoms with Gasteiger partial charge in [0, 0.05) is 23.4 Å². The van der Waals surface area contributed by atoms with Crippen LogP contribution >= 0.6 is 11.6 Å². The fraction of sp³-hybridized carbons (Fsp3) is 0.333. The van der Waals surface area contributed by atoms with Gasteiger partial charge in [0.25, 0.3) is 0 Å². The Morgan fingerprint density at radius 1 is 1.40 bits per heavy atom. The van der Waals surface area contributed by atoms with Crippen molar-refractivity contribution >= 4 is 27.6 Å². The van der Waals surface area contributed by atoms with Gasteiger partial charge in [-0.05, 0) is 17.7 Å². The highest BCUT2D eigenvalue weighted by Gasteiger charge is 2.42. The zero-order valence-electron chi connectivity index (χ0n) is 12.9. The van der Waals surface area contributed by atoms with Crippen molar-refractivity contribution in [1.29, 1.82) is 0 Å². The third-order valence-corrected chi connectivity index (χ3v) is 6.55. The average Bonchev–Trinajstić information content (AvgIpc) is 3.20. The van der Waals surface area contributed by atoms with E-state index in [4.69, 9.17) is 16.3 Å². The third kappa shape index (κ3) is 2.59. The summed E-state index contributed by atoms with van der Waals surface area (Å²) in [5.74, 6) is -0.959. The lowest BCUT2D eigenvalue weighted by molar-refractivity contribution is -0.141. The van der Waals surface area contributed by atoms with E-state index in [1.807, 2.05) is 0 Å². The highest BCUT2D eigenvalue weighted by atomic mass is 35.5. The Morgan fingerprint density at radius 3 is 2.96 bits per heavy atom. The number of benzene rings is 1. The molecule has 0 bridgehead atoms. The van der Waals surface area contributed by atoms with Crippen molar-refractivity contribution in [2.24, 2.45) is 0 Å². The number of aromatic nitrogens is 2. The van der Waals surface area contributed by atoms with Crippen molar-refractivity contribution in [1.82, 2.24) is 14.5 Å². The largest absolute Gasteiger partial charge is 0.492 e. The standard InChI is InChI=1S/C15H14ClN3O5S/c16-10-3-8-1-2-24-14(8)13(5-10)25(22,23)19-7-11-9(6-17-18-11)4-12(19)15(20)21/h3,5-6,12H,1-2,4,7H2,(H,17,18)(H,20,21). The highest BCUT2D eigenvalue weighted by Crippen LogP contribution is 2.39. The molecule has 0 radical (unpaired) electrons. The number of aromatic amines is 1. The first-order chi connectivity index (χ1) is 11.9. The molecule has 1 unspecified atom stereocenters. The molecule has 2 aliphatic heterocycles. The number of fused-ring (bicyclic) bond motifs is 2. The van der Waals surface area contributed by atoms with Crippen LogP contribution in [0.15, 0.2) is 23.2 Å². The van der Waals surface area contributed by atoms with E-state index in [2.05, 4.69) is 10.2 Å². The Labute approximate surface area is 148 Å². The monoisotopic (exact) mass is 383 g/mol. The molecule has 0 saturated heterocycles. The molecule has 2 N–H and O–H groups in total. The maximum absolute atomic E-state index is 13.2. The fourth-order valence-corrected chi connectivity index (χ4v) is 5.30. The van der Waals surface area contributed by atoms with Gasteiger partial charge in [0.15, 0.2) is 0 Å². The molecule has 10 heteroatoms. The minimum atomic E-state index is -4.13. The van der Waals surface area contributed by atoms with Crippen LogP contribution in [-0.4, -0.2) is 46.6 Å². The zero-order chi connectivity index (χ0) is 17.8. The second kappa shape index (κ2) is 5.72. The molecule has 1 aromatic heterocycles. The van der Waals surface area contributed by atoms with Crippen LogP contribution in [0.1, 0.15) is 16.8 Å². The quantitative estimate of drug-likeness (QED) is 0.823. The number of halogens is 1. The van der Waals surface area contributed by atoms with Gasteiger partial charge in [0.1, 0.15) is 16.7 Å². The first-order valence-corrected chi connectivity index (χ1v) is 9.40. The van der Waals surface area contributed by atoms with E-state index in [-0.39, 0.29) is 28.6 Å². The predicted molar refractivity (Wildman–Crippen MR) is 87.1 cm³/mol. The van der Waals surface area contributed by atoms with E-state index in [0.29, 0.717) is 29.8 Å². The zero-order valence-corrected chi connectivity index (χ0v) is 14.5. The molecule has 0 fully saturated rings. The number of carboxylic acid groups (broad SMARTS) is 1. The predicted octanol–water partition coefficient (Wildman–Crippen LogP) is 1.20. The Morgan fingerprint density at radius 2 is 2.20 bits per heavy atom. The molecule has 0 spiro atoms. The minimum Gasteiger partial charge on any atom is -0.492 e. The van der Waals surface area contributed by atoms with Gasteiger partial charge >= 0.3 is 5.97 Å². The van der Waals surface area contributed by atoms with E-state index in [0.717, 1.165) is 4.31 Å². The smallest absolute Gasteiger partial charge is 0.322 e. The van der Waals surface area contributed by atoms with Crippen molar-refractivity contribution in [2.75, 3.05) is 6.61 Å². The molecule has 132 valence electrons. The van der Waals surface area contributed by atoms with E-state index >= 15 is 0 Å². The van der Waals surface area contributed by atoms with E-state index in [9.17, 15) is 18.3 Å².